The van der Waals surface area contributed by atoms with Crippen LogP contribution in [0.3, 0.4) is 0 Å². The molecule has 0 amide bonds. The molecule has 36 heavy (non-hydrogen) atoms. The van der Waals surface area contributed by atoms with E-state index in [1.165, 1.54) is 12.1 Å². The molecule has 1 aliphatic heterocycles. The van der Waals surface area contributed by atoms with E-state index in [0.29, 0.717) is 46.2 Å². The lowest BCUT2D eigenvalue weighted by Gasteiger charge is -2.35. The first-order chi connectivity index (χ1) is 17.7. The maximum absolute atomic E-state index is 5.74. The molecule has 0 saturated carbocycles. The van der Waals surface area contributed by atoms with Gasteiger partial charge < -0.3 is 34.6 Å². The molecule has 1 fully saturated rings. The molecule has 0 atom stereocenters. The highest BCUT2D eigenvalue weighted by Crippen LogP contribution is 2.06. The number of aromatic nitrogens is 2. The maximum atomic E-state index is 5.74. The van der Waals surface area contributed by atoms with Crippen molar-refractivity contribution in [3.63, 3.8) is 0 Å². The van der Waals surface area contributed by atoms with Gasteiger partial charge in [0.2, 0.25) is 0 Å². The van der Waals surface area contributed by atoms with E-state index in [9.17, 15) is 0 Å². The number of rotatable bonds is 23. The Bertz CT molecular complexity index is 640. The van der Waals surface area contributed by atoms with Crippen LogP contribution in [0.1, 0.15) is 25.5 Å². The van der Waals surface area contributed by atoms with E-state index in [-0.39, 0.29) is 0 Å². The average molecular weight is 511 g/mol. The van der Waals surface area contributed by atoms with Gasteiger partial charge in [-0.2, -0.15) is 0 Å². The highest BCUT2D eigenvalue weighted by atomic mass is 16.6. The van der Waals surface area contributed by atoms with Gasteiger partial charge in [-0.1, -0.05) is 12.2 Å². The number of aromatic amines is 1. The van der Waals surface area contributed by atoms with Crippen LogP contribution in [0.15, 0.2) is 24.7 Å². The third-order valence-electron chi connectivity index (χ3n) is 6.06. The van der Waals surface area contributed by atoms with Gasteiger partial charge in [0.15, 0.2) is 0 Å². The number of nitrogens with two attached hydrogens (primary N) is 1. The second kappa shape index (κ2) is 20.7. The fraction of sp³-hybridized carbons (Fsp3) is 0.808. The summed E-state index contributed by atoms with van der Waals surface area (Å²) >= 11 is 0. The van der Waals surface area contributed by atoms with Crippen molar-refractivity contribution in [1.29, 1.82) is 0 Å². The summed E-state index contributed by atoms with van der Waals surface area (Å²) in [5.74, 6) is 0. The summed E-state index contributed by atoms with van der Waals surface area (Å²) in [5, 5.41) is 0. The molecule has 3 N–H and O–H groups in total. The van der Waals surface area contributed by atoms with E-state index in [2.05, 4.69) is 31.2 Å². The summed E-state index contributed by atoms with van der Waals surface area (Å²) in [4.78, 5) is 14.9. The molecule has 0 radical (unpaired) electrons. The normalized spacial score (nSPS) is 15.2. The van der Waals surface area contributed by atoms with Crippen LogP contribution in [-0.4, -0.2) is 136 Å². The number of nitrogens with zero attached hydrogens (tertiary/aromatic N) is 4. The lowest BCUT2D eigenvalue weighted by molar-refractivity contribution is -0.00334. The first kappa shape index (κ1) is 30.9. The molecular weight excluding hydrogens is 460 g/mol. The molecule has 10 nitrogen and oxygen atoms in total. The maximum Gasteiger partial charge on any atom is 0.0922 e. The monoisotopic (exact) mass is 510 g/mol. The third kappa shape index (κ3) is 15.7. The van der Waals surface area contributed by atoms with Crippen molar-refractivity contribution in [2.24, 2.45) is 5.73 Å². The van der Waals surface area contributed by atoms with E-state index < -0.39 is 0 Å². The van der Waals surface area contributed by atoms with Crippen molar-refractivity contribution in [3.05, 3.63) is 30.4 Å². The topological polar surface area (TPSA) is 101 Å². The predicted octanol–water partition coefficient (Wildman–Crippen LogP) is 1.21. The van der Waals surface area contributed by atoms with Gasteiger partial charge in [0, 0.05) is 51.2 Å². The van der Waals surface area contributed by atoms with Gasteiger partial charge in [0.1, 0.15) is 0 Å². The van der Waals surface area contributed by atoms with Gasteiger partial charge in [-0.05, 0) is 45.9 Å². The van der Waals surface area contributed by atoms with Crippen LogP contribution in [0.4, 0.5) is 0 Å². The van der Waals surface area contributed by atoms with Gasteiger partial charge in [0.05, 0.1) is 59.2 Å². The molecule has 0 aromatic carbocycles. The largest absolute Gasteiger partial charge is 0.378 e. The minimum Gasteiger partial charge on any atom is -0.378 e. The molecule has 10 heteroatoms. The number of ether oxygens (including phenoxy) is 4. The predicted molar refractivity (Wildman–Crippen MR) is 143 cm³/mol. The van der Waals surface area contributed by atoms with Crippen LogP contribution in [0.25, 0.3) is 0 Å². The fourth-order valence-corrected chi connectivity index (χ4v) is 4.05. The van der Waals surface area contributed by atoms with Gasteiger partial charge >= 0.3 is 0 Å². The molecule has 0 spiro atoms. The molecule has 0 aliphatic carbocycles. The molecule has 208 valence electrons. The Balaban J connectivity index is 1.39. The van der Waals surface area contributed by atoms with Crippen molar-refractivity contribution in [2.45, 2.75) is 26.3 Å². The smallest absolute Gasteiger partial charge is 0.0922 e. The number of hydrogen-bond acceptors (Lipinski definition) is 9. The first-order valence-corrected chi connectivity index (χ1v) is 13.5. The zero-order chi connectivity index (χ0) is 25.7. The molecular formula is C26H50N6O4. The van der Waals surface area contributed by atoms with Crippen molar-refractivity contribution in [2.75, 3.05) is 112 Å². The number of imidazole rings is 1. The van der Waals surface area contributed by atoms with Crippen LogP contribution in [0.2, 0.25) is 0 Å². The highest BCUT2D eigenvalue weighted by Gasteiger charge is 2.16. The molecule has 1 saturated heterocycles. The highest BCUT2D eigenvalue weighted by molar-refractivity contribution is 4.93. The molecule has 0 unspecified atom stereocenters. The van der Waals surface area contributed by atoms with Crippen LogP contribution in [0.5, 0.6) is 0 Å². The van der Waals surface area contributed by atoms with Gasteiger partial charge in [0.25, 0.3) is 0 Å². The lowest BCUT2D eigenvalue weighted by atomic mass is 10.2. The van der Waals surface area contributed by atoms with E-state index in [4.69, 9.17) is 24.7 Å². The summed E-state index contributed by atoms with van der Waals surface area (Å²) in [6.07, 6.45) is 5.86. The SMILES string of the molecule is C=C(C)COCCOCCOCCOCCN1CCN(CCCN(CCCN)Cc2cnc[nH]2)CC1. The molecule has 1 aliphatic rings. The zero-order valence-corrected chi connectivity index (χ0v) is 22.5. The lowest BCUT2D eigenvalue weighted by Crippen LogP contribution is -2.47. The van der Waals surface area contributed by atoms with Gasteiger partial charge in [-0.15, -0.1) is 0 Å². The Morgan fingerprint density at radius 2 is 1.50 bits per heavy atom. The van der Waals surface area contributed by atoms with E-state index in [0.717, 1.165) is 84.0 Å². The average Bonchev–Trinajstić information content (AvgIpc) is 3.39. The van der Waals surface area contributed by atoms with E-state index >= 15 is 0 Å². The minimum absolute atomic E-state index is 0.580. The Hall–Kier alpha value is -1.37. The molecule has 0 bridgehead atoms. The zero-order valence-electron chi connectivity index (χ0n) is 22.5. The van der Waals surface area contributed by atoms with Crippen LogP contribution >= 0.6 is 0 Å². The fourth-order valence-electron chi connectivity index (χ4n) is 4.05. The standard InChI is InChI=1S/C26H50N6O4/c1-25(2)23-36-20-19-35-18-17-34-16-15-33-14-13-31-11-9-30(10-12-31)7-4-8-32(6-3-5-27)22-26-21-28-24-29-26/h21,24H,1,3-20,22-23,27H2,2H3,(H,28,29). The molecule has 2 rings (SSSR count). The molecule has 1 aromatic rings. The van der Waals surface area contributed by atoms with Crippen molar-refractivity contribution in [3.8, 4) is 0 Å². The quantitative estimate of drug-likeness (QED) is 0.166. The second-order valence-corrected chi connectivity index (χ2v) is 9.38. The van der Waals surface area contributed by atoms with Crippen LogP contribution < -0.4 is 5.73 Å². The Morgan fingerprint density at radius 1 is 0.917 bits per heavy atom. The number of H-pyrrole nitrogens is 1. The first-order valence-electron chi connectivity index (χ1n) is 13.5. The molecule has 2 heterocycles. The second-order valence-electron chi connectivity index (χ2n) is 9.38. The van der Waals surface area contributed by atoms with Gasteiger partial charge in [-0.3, -0.25) is 9.80 Å². The van der Waals surface area contributed by atoms with Crippen molar-refractivity contribution in [1.82, 2.24) is 24.7 Å². The van der Waals surface area contributed by atoms with Gasteiger partial charge in [-0.25, -0.2) is 4.98 Å². The molecule has 1 aromatic heterocycles. The van der Waals surface area contributed by atoms with Crippen molar-refractivity contribution >= 4 is 0 Å². The third-order valence-corrected chi connectivity index (χ3v) is 6.06. The summed E-state index contributed by atoms with van der Waals surface area (Å²) in [5.41, 5.74) is 7.91. The summed E-state index contributed by atoms with van der Waals surface area (Å²) in [6.45, 7) is 21.0. The Kier molecular flexibility index (Phi) is 17.7. The summed E-state index contributed by atoms with van der Waals surface area (Å²) < 4.78 is 22.1. The van der Waals surface area contributed by atoms with Crippen LogP contribution in [-0.2, 0) is 25.5 Å². The van der Waals surface area contributed by atoms with Crippen molar-refractivity contribution < 1.29 is 18.9 Å². The number of nitrogens with one attached hydrogen (secondary N) is 1. The number of hydrogen-bond donors (Lipinski definition) is 2. The number of piperazine rings is 1. The minimum atomic E-state index is 0.580. The van der Waals surface area contributed by atoms with Crippen LogP contribution in [0, 0.1) is 0 Å². The summed E-state index contributed by atoms with van der Waals surface area (Å²) in [7, 11) is 0. The van der Waals surface area contributed by atoms with E-state index in [1.54, 1.807) is 6.33 Å². The van der Waals surface area contributed by atoms with E-state index in [1.807, 2.05) is 13.1 Å². The summed E-state index contributed by atoms with van der Waals surface area (Å²) in [6, 6.07) is 0. The Labute approximate surface area is 218 Å². The Morgan fingerprint density at radius 3 is 2.08 bits per heavy atom.